The van der Waals surface area contributed by atoms with Crippen LogP contribution in [0.5, 0.6) is 0 Å². The van der Waals surface area contributed by atoms with Crippen molar-refractivity contribution in [2.45, 2.75) is 25.0 Å². The zero-order valence-corrected chi connectivity index (χ0v) is 12.3. The van der Waals surface area contributed by atoms with Gasteiger partial charge in [0.15, 0.2) is 0 Å². The molecule has 2 aromatic rings. The fourth-order valence-electron chi connectivity index (χ4n) is 2.48. The van der Waals surface area contributed by atoms with Crippen molar-refractivity contribution in [1.82, 2.24) is 9.97 Å². The van der Waals surface area contributed by atoms with Gasteiger partial charge < -0.3 is 5.43 Å². The third-order valence-electron chi connectivity index (χ3n) is 3.56. The first-order valence-electron chi connectivity index (χ1n) is 6.82. The molecule has 0 aliphatic carbocycles. The predicted octanol–water partition coefficient (Wildman–Crippen LogP) is 3.31. The predicted molar refractivity (Wildman–Crippen MR) is 84.4 cm³/mol. The molecule has 1 fully saturated rings. The monoisotopic (exact) mass is 286 g/mol. The molecule has 0 saturated carbocycles. The van der Waals surface area contributed by atoms with E-state index in [-0.39, 0.29) is 0 Å². The van der Waals surface area contributed by atoms with Crippen LogP contribution in [0.1, 0.15) is 29.5 Å². The summed E-state index contributed by atoms with van der Waals surface area (Å²) in [6, 6.07) is 10.2. The van der Waals surface area contributed by atoms with Crippen molar-refractivity contribution in [3.05, 3.63) is 41.7 Å². The van der Waals surface area contributed by atoms with Gasteiger partial charge >= 0.3 is 0 Å². The summed E-state index contributed by atoms with van der Waals surface area (Å²) < 4.78 is 0. The molecule has 1 unspecified atom stereocenters. The van der Waals surface area contributed by atoms with Crippen molar-refractivity contribution in [3.8, 4) is 11.3 Å². The third-order valence-corrected chi connectivity index (χ3v) is 4.94. The number of nitrogens with two attached hydrogens (primary N) is 1. The van der Waals surface area contributed by atoms with E-state index in [2.05, 4.69) is 22.5 Å². The summed E-state index contributed by atoms with van der Waals surface area (Å²) in [6.45, 7) is 2.00. The summed E-state index contributed by atoms with van der Waals surface area (Å²) >= 11 is 1.93. The van der Waals surface area contributed by atoms with Crippen LogP contribution in [0, 0.1) is 6.92 Å². The highest BCUT2D eigenvalue weighted by Crippen LogP contribution is 2.39. The lowest BCUT2D eigenvalue weighted by molar-refractivity contribution is 0.777. The van der Waals surface area contributed by atoms with Gasteiger partial charge in [-0.1, -0.05) is 30.3 Å². The first-order valence-corrected chi connectivity index (χ1v) is 7.86. The van der Waals surface area contributed by atoms with Gasteiger partial charge in [-0.15, -0.1) is 0 Å². The van der Waals surface area contributed by atoms with Crippen molar-refractivity contribution < 1.29 is 0 Å². The van der Waals surface area contributed by atoms with Crippen LogP contribution in [-0.4, -0.2) is 15.7 Å². The second kappa shape index (κ2) is 5.81. The lowest BCUT2D eigenvalue weighted by Crippen LogP contribution is -2.14. The molecule has 1 aliphatic heterocycles. The molecular formula is C15H18N4S. The number of rotatable bonds is 3. The number of hydrogen-bond acceptors (Lipinski definition) is 5. The fourth-order valence-corrected chi connectivity index (χ4v) is 3.68. The van der Waals surface area contributed by atoms with Gasteiger partial charge in [0, 0.05) is 11.1 Å². The Morgan fingerprint density at radius 1 is 1.25 bits per heavy atom. The normalized spacial score (nSPS) is 18.2. The Hall–Kier alpha value is -1.59. The molecule has 104 valence electrons. The second-order valence-corrected chi connectivity index (χ2v) is 6.23. The van der Waals surface area contributed by atoms with Crippen LogP contribution in [0.25, 0.3) is 11.3 Å². The molecule has 1 aromatic heterocycles. The largest absolute Gasteiger partial charge is 0.308 e. The zero-order valence-electron chi connectivity index (χ0n) is 11.5. The lowest BCUT2D eigenvalue weighted by Gasteiger charge is -2.15. The van der Waals surface area contributed by atoms with Crippen molar-refractivity contribution in [3.63, 3.8) is 0 Å². The minimum absolute atomic E-state index is 0.394. The standard InChI is InChI=1S/C15H18N4S/c1-10-13(11-6-3-2-4-7-11)17-15(18-14(10)19-16)12-8-5-9-20-12/h2-4,6-7,12H,5,8-9,16H2,1H3,(H,17,18,19). The van der Waals surface area contributed by atoms with E-state index >= 15 is 0 Å². The van der Waals surface area contributed by atoms with E-state index in [0.29, 0.717) is 5.25 Å². The van der Waals surface area contributed by atoms with Crippen LogP contribution in [-0.2, 0) is 0 Å². The average molecular weight is 286 g/mol. The minimum Gasteiger partial charge on any atom is -0.308 e. The van der Waals surface area contributed by atoms with Crippen LogP contribution in [0.3, 0.4) is 0 Å². The Morgan fingerprint density at radius 2 is 2.05 bits per heavy atom. The highest BCUT2D eigenvalue weighted by molar-refractivity contribution is 7.99. The average Bonchev–Trinajstić information content (AvgIpc) is 3.03. The molecule has 0 radical (unpaired) electrons. The number of aromatic nitrogens is 2. The van der Waals surface area contributed by atoms with E-state index in [1.165, 1.54) is 12.2 Å². The zero-order chi connectivity index (χ0) is 13.9. The number of anilines is 1. The molecule has 1 saturated heterocycles. The Balaban J connectivity index is 2.10. The molecule has 1 atom stereocenters. The molecule has 0 spiro atoms. The molecule has 3 N–H and O–H groups in total. The first-order chi connectivity index (χ1) is 9.79. The first kappa shape index (κ1) is 13.4. The van der Waals surface area contributed by atoms with Crippen LogP contribution in [0.2, 0.25) is 0 Å². The number of nitrogen functional groups attached to an aromatic ring is 1. The molecule has 20 heavy (non-hydrogen) atoms. The molecule has 0 amide bonds. The van der Waals surface area contributed by atoms with Crippen molar-refractivity contribution in [2.24, 2.45) is 5.84 Å². The van der Waals surface area contributed by atoms with Crippen molar-refractivity contribution in [2.75, 3.05) is 11.2 Å². The Kier molecular flexibility index (Phi) is 3.89. The van der Waals surface area contributed by atoms with Crippen LogP contribution in [0.4, 0.5) is 5.82 Å². The van der Waals surface area contributed by atoms with E-state index in [4.69, 9.17) is 10.8 Å². The molecule has 5 heteroatoms. The molecule has 1 aromatic carbocycles. The molecule has 0 bridgehead atoms. The second-order valence-electron chi connectivity index (χ2n) is 4.92. The number of thioether (sulfide) groups is 1. The number of nitrogens with one attached hydrogen (secondary N) is 1. The lowest BCUT2D eigenvalue weighted by atomic mass is 10.1. The molecule has 1 aliphatic rings. The van der Waals surface area contributed by atoms with Gasteiger partial charge in [0.2, 0.25) is 0 Å². The van der Waals surface area contributed by atoms with Gasteiger partial charge in [-0.2, -0.15) is 11.8 Å². The topological polar surface area (TPSA) is 63.8 Å². The SMILES string of the molecule is Cc1c(NN)nc(C2CCCS2)nc1-c1ccccc1. The van der Waals surface area contributed by atoms with E-state index in [0.717, 1.165) is 34.9 Å². The van der Waals surface area contributed by atoms with Crippen molar-refractivity contribution in [1.29, 1.82) is 0 Å². The summed E-state index contributed by atoms with van der Waals surface area (Å²) in [7, 11) is 0. The number of benzene rings is 1. The van der Waals surface area contributed by atoms with E-state index in [9.17, 15) is 0 Å². The quantitative estimate of drug-likeness (QED) is 0.669. The highest BCUT2D eigenvalue weighted by atomic mass is 32.2. The maximum atomic E-state index is 5.62. The van der Waals surface area contributed by atoms with Gasteiger partial charge in [0.1, 0.15) is 11.6 Å². The Morgan fingerprint density at radius 3 is 2.70 bits per heavy atom. The van der Waals surface area contributed by atoms with E-state index in [1.54, 1.807) is 0 Å². The van der Waals surface area contributed by atoms with Crippen LogP contribution < -0.4 is 11.3 Å². The Labute approximate surface area is 123 Å². The maximum Gasteiger partial charge on any atom is 0.147 e. The van der Waals surface area contributed by atoms with Gasteiger partial charge in [-0.3, -0.25) is 0 Å². The Bertz CT molecular complexity index is 594. The number of hydrogen-bond donors (Lipinski definition) is 2. The summed E-state index contributed by atoms with van der Waals surface area (Å²) in [6.07, 6.45) is 2.38. The molecular weight excluding hydrogens is 268 g/mol. The van der Waals surface area contributed by atoms with Gasteiger partial charge in [-0.05, 0) is 25.5 Å². The van der Waals surface area contributed by atoms with Crippen LogP contribution >= 0.6 is 11.8 Å². The number of nitrogens with zero attached hydrogens (tertiary/aromatic N) is 2. The molecule has 3 rings (SSSR count). The van der Waals surface area contributed by atoms with Gasteiger partial charge in [-0.25, -0.2) is 15.8 Å². The number of hydrazine groups is 1. The third kappa shape index (κ3) is 2.51. The van der Waals surface area contributed by atoms with Gasteiger partial charge in [0.25, 0.3) is 0 Å². The van der Waals surface area contributed by atoms with E-state index in [1.807, 2.05) is 36.9 Å². The summed E-state index contributed by atoms with van der Waals surface area (Å²) in [5.41, 5.74) is 5.77. The molecule has 2 heterocycles. The molecule has 4 nitrogen and oxygen atoms in total. The summed E-state index contributed by atoms with van der Waals surface area (Å²) in [5, 5.41) is 0.394. The van der Waals surface area contributed by atoms with E-state index < -0.39 is 0 Å². The van der Waals surface area contributed by atoms with Crippen LogP contribution in [0.15, 0.2) is 30.3 Å². The summed E-state index contributed by atoms with van der Waals surface area (Å²) in [5.74, 6) is 8.42. The summed E-state index contributed by atoms with van der Waals surface area (Å²) in [4.78, 5) is 9.40. The maximum absolute atomic E-state index is 5.62. The fraction of sp³-hybridized carbons (Fsp3) is 0.333. The smallest absolute Gasteiger partial charge is 0.147 e. The van der Waals surface area contributed by atoms with Crippen molar-refractivity contribution >= 4 is 17.6 Å². The minimum atomic E-state index is 0.394. The highest BCUT2D eigenvalue weighted by Gasteiger charge is 2.23. The van der Waals surface area contributed by atoms with Gasteiger partial charge in [0.05, 0.1) is 10.9 Å².